The molecule has 0 atom stereocenters. The lowest BCUT2D eigenvalue weighted by molar-refractivity contribution is 0.102. The van der Waals surface area contributed by atoms with E-state index in [4.69, 9.17) is 0 Å². The Kier molecular flexibility index (Phi) is 3.88. The van der Waals surface area contributed by atoms with E-state index in [1.807, 2.05) is 18.2 Å². The third kappa shape index (κ3) is 2.84. The second-order valence-electron chi connectivity index (χ2n) is 3.47. The topological polar surface area (TPSA) is 66.9 Å². The maximum Gasteiger partial charge on any atom is 0.275 e. The first-order valence-corrected chi connectivity index (χ1v) is 6.05. The molecule has 2 N–H and O–H groups in total. The average Bonchev–Trinajstić information content (AvgIpc) is 2.41. The summed E-state index contributed by atoms with van der Waals surface area (Å²) in [6, 6.07) is 7.38. The molecule has 2 rings (SSSR count). The lowest BCUT2D eigenvalue weighted by Gasteiger charge is -2.06. The number of benzene rings is 1. The molecule has 0 bridgehead atoms. The minimum Gasteiger partial charge on any atom is -0.372 e. The summed E-state index contributed by atoms with van der Waals surface area (Å²) in [4.78, 5) is 20.0. The van der Waals surface area contributed by atoms with Gasteiger partial charge < -0.3 is 10.6 Å². The van der Waals surface area contributed by atoms with Gasteiger partial charge in [-0.15, -0.1) is 0 Å². The van der Waals surface area contributed by atoms with E-state index in [1.54, 1.807) is 13.1 Å². The van der Waals surface area contributed by atoms with E-state index in [2.05, 4.69) is 36.5 Å². The summed E-state index contributed by atoms with van der Waals surface area (Å²) < 4.78 is 0.818. The Labute approximate surface area is 113 Å². The SMILES string of the molecule is CNc1cnc(C(=O)Nc2ccccc2Br)cn1. The fourth-order valence-corrected chi connectivity index (χ4v) is 1.71. The van der Waals surface area contributed by atoms with Crippen LogP contribution in [-0.2, 0) is 0 Å². The Balaban J connectivity index is 2.14. The fraction of sp³-hybridized carbons (Fsp3) is 0.0833. The van der Waals surface area contributed by atoms with Crippen molar-refractivity contribution in [2.45, 2.75) is 0 Å². The van der Waals surface area contributed by atoms with Crippen LogP contribution in [0.25, 0.3) is 0 Å². The minimum atomic E-state index is -0.294. The minimum absolute atomic E-state index is 0.268. The number of rotatable bonds is 3. The molecule has 0 aliphatic rings. The third-order valence-corrected chi connectivity index (χ3v) is 2.95. The predicted molar refractivity (Wildman–Crippen MR) is 73.7 cm³/mol. The maximum absolute atomic E-state index is 11.9. The van der Waals surface area contributed by atoms with Gasteiger partial charge in [-0.25, -0.2) is 9.97 Å². The highest BCUT2D eigenvalue weighted by Gasteiger charge is 2.09. The van der Waals surface area contributed by atoms with Crippen LogP contribution in [0.3, 0.4) is 0 Å². The van der Waals surface area contributed by atoms with Crippen molar-refractivity contribution in [3.8, 4) is 0 Å². The van der Waals surface area contributed by atoms with Crippen molar-refractivity contribution in [2.24, 2.45) is 0 Å². The van der Waals surface area contributed by atoms with Gasteiger partial charge in [-0.3, -0.25) is 4.79 Å². The van der Waals surface area contributed by atoms with Gasteiger partial charge in [0.2, 0.25) is 0 Å². The zero-order valence-corrected chi connectivity index (χ0v) is 11.2. The number of anilines is 2. The summed E-state index contributed by atoms with van der Waals surface area (Å²) in [6.07, 6.45) is 2.94. The molecule has 92 valence electrons. The number of halogens is 1. The summed E-state index contributed by atoms with van der Waals surface area (Å²) in [6.45, 7) is 0. The number of nitrogens with one attached hydrogen (secondary N) is 2. The molecular formula is C12H11BrN4O. The van der Waals surface area contributed by atoms with E-state index in [0.29, 0.717) is 11.5 Å². The molecule has 1 aromatic carbocycles. The molecule has 0 saturated carbocycles. The Morgan fingerprint density at radius 2 is 2.00 bits per heavy atom. The summed E-state index contributed by atoms with van der Waals surface area (Å²) in [5.74, 6) is 0.324. The molecule has 0 aliphatic carbocycles. The quantitative estimate of drug-likeness (QED) is 0.914. The number of aromatic nitrogens is 2. The molecule has 18 heavy (non-hydrogen) atoms. The third-order valence-electron chi connectivity index (χ3n) is 2.26. The zero-order valence-electron chi connectivity index (χ0n) is 9.64. The first kappa shape index (κ1) is 12.5. The largest absolute Gasteiger partial charge is 0.372 e. The number of amides is 1. The van der Waals surface area contributed by atoms with Crippen LogP contribution in [0, 0.1) is 0 Å². The van der Waals surface area contributed by atoms with Gasteiger partial charge in [0.1, 0.15) is 11.5 Å². The van der Waals surface area contributed by atoms with Crippen molar-refractivity contribution in [3.63, 3.8) is 0 Å². The summed E-state index contributed by atoms with van der Waals surface area (Å²) in [7, 11) is 1.74. The maximum atomic E-state index is 11.9. The first-order valence-electron chi connectivity index (χ1n) is 5.26. The molecule has 2 aromatic rings. The predicted octanol–water partition coefficient (Wildman–Crippen LogP) is 2.53. The van der Waals surface area contributed by atoms with Crippen LogP contribution in [0.5, 0.6) is 0 Å². The smallest absolute Gasteiger partial charge is 0.275 e. The lowest BCUT2D eigenvalue weighted by atomic mass is 10.3. The monoisotopic (exact) mass is 306 g/mol. The second kappa shape index (κ2) is 5.59. The molecule has 5 nitrogen and oxygen atoms in total. The summed E-state index contributed by atoms with van der Waals surface area (Å²) in [5, 5.41) is 5.59. The van der Waals surface area contributed by atoms with Crippen LogP contribution in [0.1, 0.15) is 10.5 Å². The van der Waals surface area contributed by atoms with Crippen molar-refractivity contribution in [1.82, 2.24) is 9.97 Å². The fourth-order valence-electron chi connectivity index (χ4n) is 1.32. The van der Waals surface area contributed by atoms with Gasteiger partial charge in [0.05, 0.1) is 18.1 Å². The molecule has 0 fully saturated rings. The first-order chi connectivity index (χ1) is 8.70. The van der Waals surface area contributed by atoms with Gasteiger partial charge >= 0.3 is 0 Å². The lowest BCUT2D eigenvalue weighted by Crippen LogP contribution is -2.14. The van der Waals surface area contributed by atoms with Gasteiger partial charge in [0, 0.05) is 11.5 Å². The highest BCUT2D eigenvalue weighted by atomic mass is 79.9. The number of carbonyl (C=O) groups excluding carboxylic acids is 1. The van der Waals surface area contributed by atoms with Crippen LogP contribution in [0.2, 0.25) is 0 Å². The Morgan fingerprint density at radius 3 is 2.61 bits per heavy atom. The van der Waals surface area contributed by atoms with Crippen LogP contribution in [0.15, 0.2) is 41.1 Å². The molecule has 1 heterocycles. The molecule has 0 unspecified atom stereocenters. The summed E-state index contributed by atoms with van der Waals surface area (Å²) >= 11 is 3.36. The molecule has 1 amide bonds. The van der Waals surface area contributed by atoms with Crippen molar-refractivity contribution in [1.29, 1.82) is 0 Å². The number of hydrogen-bond donors (Lipinski definition) is 2. The van der Waals surface area contributed by atoms with Crippen molar-refractivity contribution in [3.05, 3.63) is 46.8 Å². The van der Waals surface area contributed by atoms with Gasteiger partial charge in [-0.2, -0.15) is 0 Å². The average molecular weight is 307 g/mol. The van der Waals surface area contributed by atoms with Gasteiger partial charge in [0.25, 0.3) is 5.91 Å². The molecule has 0 spiro atoms. The molecule has 1 aromatic heterocycles. The number of nitrogens with zero attached hydrogens (tertiary/aromatic N) is 2. The zero-order chi connectivity index (χ0) is 13.0. The number of carbonyl (C=O) groups is 1. The van der Waals surface area contributed by atoms with E-state index in [1.165, 1.54) is 12.4 Å². The Bertz CT molecular complexity index is 556. The van der Waals surface area contributed by atoms with E-state index >= 15 is 0 Å². The van der Waals surface area contributed by atoms with Crippen LogP contribution >= 0.6 is 15.9 Å². The van der Waals surface area contributed by atoms with Crippen molar-refractivity contribution >= 4 is 33.3 Å². The molecule has 0 radical (unpaired) electrons. The van der Waals surface area contributed by atoms with E-state index in [9.17, 15) is 4.79 Å². The Morgan fingerprint density at radius 1 is 1.22 bits per heavy atom. The normalized spacial score (nSPS) is 9.89. The van der Waals surface area contributed by atoms with Crippen LogP contribution in [-0.4, -0.2) is 22.9 Å². The van der Waals surface area contributed by atoms with Crippen molar-refractivity contribution < 1.29 is 4.79 Å². The van der Waals surface area contributed by atoms with Gasteiger partial charge in [0.15, 0.2) is 0 Å². The van der Waals surface area contributed by atoms with E-state index < -0.39 is 0 Å². The molecule has 0 saturated heterocycles. The molecule has 6 heteroatoms. The van der Waals surface area contributed by atoms with Crippen LogP contribution in [0.4, 0.5) is 11.5 Å². The van der Waals surface area contributed by atoms with Crippen molar-refractivity contribution in [2.75, 3.05) is 17.7 Å². The van der Waals surface area contributed by atoms with Gasteiger partial charge in [-0.1, -0.05) is 12.1 Å². The molecule has 0 aliphatic heterocycles. The van der Waals surface area contributed by atoms with E-state index in [0.717, 1.165) is 4.47 Å². The second-order valence-corrected chi connectivity index (χ2v) is 4.33. The highest BCUT2D eigenvalue weighted by molar-refractivity contribution is 9.10. The number of hydrogen-bond acceptors (Lipinski definition) is 4. The summed E-state index contributed by atoms with van der Waals surface area (Å²) in [5.41, 5.74) is 0.965. The Hall–Kier alpha value is -1.95. The highest BCUT2D eigenvalue weighted by Crippen LogP contribution is 2.21. The van der Waals surface area contributed by atoms with Crippen LogP contribution < -0.4 is 10.6 Å². The van der Waals surface area contributed by atoms with Gasteiger partial charge in [-0.05, 0) is 28.1 Å². The standard InChI is InChI=1S/C12H11BrN4O/c1-14-11-7-15-10(6-16-11)12(18)17-9-5-3-2-4-8(9)13/h2-7H,1H3,(H,14,16)(H,17,18). The molecular weight excluding hydrogens is 296 g/mol. The number of para-hydroxylation sites is 1. The van der Waals surface area contributed by atoms with E-state index in [-0.39, 0.29) is 11.6 Å².